The topological polar surface area (TPSA) is 91.6 Å². The highest BCUT2D eigenvalue weighted by molar-refractivity contribution is 6.34. The number of aromatic carboxylic acids is 1. The third-order valence-electron chi connectivity index (χ3n) is 2.51. The summed E-state index contributed by atoms with van der Waals surface area (Å²) < 4.78 is 4.86. The number of carbonyl (C=O) groups excluding carboxylic acids is 1. The molecule has 0 aliphatic heterocycles. The average molecular weight is 295 g/mol. The van der Waals surface area contributed by atoms with Crippen LogP contribution in [0.3, 0.4) is 0 Å². The summed E-state index contributed by atoms with van der Waals surface area (Å²) in [5.74, 6) is -1.21. The van der Waals surface area contributed by atoms with E-state index in [1.54, 1.807) is 12.1 Å². The van der Waals surface area contributed by atoms with Crippen molar-refractivity contribution >= 4 is 29.3 Å². The Balaban J connectivity index is 2.04. The lowest BCUT2D eigenvalue weighted by Crippen LogP contribution is -2.28. The van der Waals surface area contributed by atoms with E-state index in [4.69, 9.17) is 21.1 Å². The number of benzene rings is 1. The van der Waals surface area contributed by atoms with Crippen molar-refractivity contribution in [2.45, 2.75) is 6.54 Å². The first-order chi connectivity index (χ1) is 9.58. The maximum absolute atomic E-state index is 11.7. The van der Waals surface area contributed by atoms with Crippen LogP contribution in [0.4, 0.5) is 10.5 Å². The molecule has 0 radical (unpaired) electrons. The molecule has 2 amide bonds. The van der Waals surface area contributed by atoms with E-state index in [1.165, 1.54) is 24.7 Å². The van der Waals surface area contributed by atoms with Crippen molar-refractivity contribution in [2.24, 2.45) is 0 Å². The summed E-state index contributed by atoms with van der Waals surface area (Å²) in [6, 6.07) is 5.64. The van der Waals surface area contributed by atoms with Crippen molar-refractivity contribution in [3.05, 3.63) is 52.9 Å². The molecular formula is C13H11ClN2O4. The molecule has 0 spiro atoms. The molecule has 0 fully saturated rings. The van der Waals surface area contributed by atoms with Crippen molar-refractivity contribution in [1.29, 1.82) is 0 Å². The second kappa shape index (κ2) is 6.12. The number of halogens is 1. The van der Waals surface area contributed by atoms with Gasteiger partial charge in [0, 0.05) is 12.1 Å². The number of nitrogens with one attached hydrogen (secondary N) is 2. The maximum atomic E-state index is 11.7. The van der Waals surface area contributed by atoms with Gasteiger partial charge in [-0.25, -0.2) is 9.59 Å². The van der Waals surface area contributed by atoms with E-state index in [1.807, 2.05) is 0 Å². The summed E-state index contributed by atoms with van der Waals surface area (Å²) in [5.41, 5.74) is 0.784. The molecule has 3 N–H and O–H groups in total. The number of carbonyl (C=O) groups is 2. The van der Waals surface area contributed by atoms with Gasteiger partial charge in [0.25, 0.3) is 0 Å². The Bertz CT molecular complexity index is 625. The van der Waals surface area contributed by atoms with Crippen LogP contribution in [-0.4, -0.2) is 17.1 Å². The number of carboxylic acids is 1. The second-order valence-corrected chi connectivity index (χ2v) is 4.31. The van der Waals surface area contributed by atoms with Crippen molar-refractivity contribution in [2.75, 3.05) is 5.32 Å². The zero-order chi connectivity index (χ0) is 14.5. The highest BCUT2D eigenvalue weighted by atomic mass is 35.5. The van der Waals surface area contributed by atoms with Gasteiger partial charge in [-0.15, -0.1) is 0 Å². The largest absolute Gasteiger partial charge is 0.478 e. The molecule has 2 rings (SSSR count). The molecule has 1 heterocycles. The lowest BCUT2D eigenvalue weighted by molar-refractivity contribution is 0.0698. The maximum Gasteiger partial charge on any atom is 0.339 e. The van der Waals surface area contributed by atoms with Gasteiger partial charge >= 0.3 is 12.0 Å². The fourth-order valence-corrected chi connectivity index (χ4v) is 1.84. The third-order valence-corrected chi connectivity index (χ3v) is 2.82. The fourth-order valence-electron chi connectivity index (χ4n) is 1.59. The van der Waals surface area contributed by atoms with Gasteiger partial charge in [-0.3, -0.25) is 0 Å². The molecule has 1 aromatic heterocycles. The minimum Gasteiger partial charge on any atom is -0.478 e. The Morgan fingerprint density at radius 2 is 2.10 bits per heavy atom. The van der Waals surface area contributed by atoms with Crippen molar-refractivity contribution in [3.8, 4) is 0 Å². The van der Waals surface area contributed by atoms with E-state index in [-0.39, 0.29) is 22.8 Å². The zero-order valence-corrected chi connectivity index (χ0v) is 11.0. The van der Waals surface area contributed by atoms with Crippen LogP contribution in [0.5, 0.6) is 0 Å². The van der Waals surface area contributed by atoms with E-state index in [2.05, 4.69) is 10.6 Å². The molecule has 7 heteroatoms. The molecule has 2 aromatic rings. The van der Waals surface area contributed by atoms with Crippen LogP contribution in [0.25, 0.3) is 0 Å². The lowest BCUT2D eigenvalue weighted by atomic mass is 10.2. The van der Waals surface area contributed by atoms with Crippen LogP contribution in [0.15, 0.2) is 41.2 Å². The Morgan fingerprint density at radius 3 is 2.75 bits per heavy atom. The highest BCUT2D eigenvalue weighted by Crippen LogP contribution is 2.24. The van der Waals surface area contributed by atoms with E-state index < -0.39 is 12.0 Å². The van der Waals surface area contributed by atoms with E-state index in [9.17, 15) is 9.59 Å². The van der Waals surface area contributed by atoms with Crippen LogP contribution in [-0.2, 0) is 6.54 Å². The minimum absolute atomic E-state index is 0.0603. The monoisotopic (exact) mass is 294 g/mol. The van der Waals surface area contributed by atoms with Crippen LogP contribution in [0, 0.1) is 0 Å². The summed E-state index contributed by atoms with van der Waals surface area (Å²) in [4.78, 5) is 22.8. The molecule has 1 aromatic carbocycles. The zero-order valence-electron chi connectivity index (χ0n) is 10.2. The first kappa shape index (κ1) is 14.0. The van der Waals surface area contributed by atoms with E-state index >= 15 is 0 Å². The minimum atomic E-state index is -1.21. The molecule has 0 atom stereocenters. The number of hydrogen-bond donors (Lipinski definition) is 3. The summed E-state index contributed by atoms with van der Waals surface area (Å²) >= 11 is 5.80. The van der Waals surface area contributed by atoms with Gasteiger partial charge in [0.15, 0.2) is 0 Å². The molecule has 6 nitrogen and oxygen atoms in total. The van der Waals surface area contributed by atoms with Crippen LogP contribution >= 0.6 is 11.6 Å². The number of amides is 2. The molecule has 0 aliphatic carbocycles. The van der Waals surface area contributed by atoms with Gasteiger partial charge in [-0.1, -0.05) is 17.7 Å². The van der Waals surface area contributed by atoms with Crippen molar-refractivity contribution in [1.82, 2.24) is 5.32 Å². The van der Waals surface area contributed by atoms with Crippen molar-refractivity contribution < 1.29 is 19.1 Å². The lowest BCUT2D eigenvalue weighted by Gasteiger charge is -2.10. The third kappa shape index (κ3) is 3.30. The molecule has 0 bridgehead atoms. The van der Waals surface area contributed by atoms with Crippen LogP contribution in [0.1, 0.15) is 15.9 Å². The molecular weight excluding hydrogens is 284 g/mol. The number of hydrogen-bond acceptors (Lipinski definition) is 3. The van der Waals surface area contributed by atoms with Crippen LogP contribution < -0.4 is 10.6 Å². The quantitative estimate of drug-likeness (QED) is 0.808. The number of urea groups is 1. The predicted molar refractivity (Wildman–Crippen MR) is 73.0 cm³/mol. The molecule has 104 valence electrons. The molecule has 0 saturated heterocycles. The summed E-state index contributed by atoms with van der Waals surface area (Å²) in [6.07, 6.45) is 3.00. The Morgan fingerprint density at radius 1 is 1.30 bits per heavy atom. The van der Waals surface area contributed by atoms with Gasteiger partial charge in [-0.2, -0.15) is 0 Å². The average Bonchev–Trinajstić information content (AvgIpc) is 2.89. The normalized spacial score (nSPS) is 10.1. The fraction of sp³-hybridized carbons (Fsp3) is 0.0769. The molecule has 0 aliphatic rings. The molecule has 0 unspecified atom stereocenters. The standard InChI is InChI=1S/C13H11ClN2O4/c14-9-2-1-3-10(11(9)12(17)18)16-13(19)15-6-8-4-5-20-7-8/h1-5,7H,6H2,(H,17,18)(H2,15,16,19). The van der Waals surface area contributed by atoms with Gasteiger partial charge in [0.05, 0.1) is 23.2 Å². The van der Waals surface area contributed by atoms with Gasteiger partial charge in [-0.05, 0) is 18.2 Å². The van der Waals surface area contributed by atoms with Crippen molar-refractivity contribution in [3.63, 3.8) is 0 Å². The predicted octanol–water partition coefficient (Wildman–Crippen LogP) is 2.95. The van der Waals surface area contributed by atoms with Gasteiger partial charge in [0.2, 0.25) is 0 Å². The highest BCUT2D eigenvalue weighted by Gasteiger charge is 2.15. The number of furan rings is 1. The number of anilines is 1. The Hall–Kier alpha value is -2.47. The number of rotatable bonds is 4. The van der Waals surface area contributed by atoms with Crippen LogP contribution in [0.2, 0.25) is 5.02 Å². The summed E-state index contributed by atoms with van der Waals surface area (Å²) in [6.45, 7) is 0.269. The van der Waals surface area contributed by atoms with Gasteiger partial charge in [0.1, 0.15) is 5.56 Å². The molecule has 0 saturated carbocycles. The first-order valence-electron chi connectivity index (χ1n) is 5.65. The Labute approximate surface area is 119 Å². The summed E-state index contributed by atoms with van der Waals surface area (Å²) in [5, 5.41) is 14.2. The molecule has 20 heavy (non-hydrogen) atoms. The summed E-state index contributed by atoms with van der Waals surface area (Å²) in [7, 11) is 0. The SMILES string of the molecule is O=C(NCc1ccoc1)Nc1cccc(Cl)c1C(=O)O. The Kier molecular flexibility index (Phi) is 4.27. The van der Waals surface area contributed by atoms with E-state index in [0.717, 1.165) is 5.56 Å². The van der Waals surface area contributed by atoms with Gasteiger partial charge < -0.3 is 20.2 Å². The number of carboxylic acid groups (broad SMARTS) is 1. The first-order valence-corrected chi connectivity index (χ1v) is 6.03. The second-order valence-electron chi connectivity index (χ2n) is 3.91. The smallest absolute Gasteiger partial charge is 0.339 e. The van der Waals surface area contributed by atoms with E-state index in [0.29, 0.717) is 0 Å².